The third kappa shape index (κ3) is 2.49. The minimum absolute atomic E-state index is 0.0416. The highest BCUT2D eigenvalue weighted by Gasteiger charge is 2.37. The van der Waals surface area contributed by atoms with Crippen LogP contribution in [0.25, 0.3) is 0 Å². The van der Waals surface area contributed by atoms with E-state index in [0.29, 0.717) is 0 Å². The largest absolute Gasteiger partial charge is 0.388 e. The second kappa shape index (κ2) is 4.69. The molecular formula is C8H14O5. The molecule has 0 radical (unpaired) electrons. The highest BCUT2D eigenvalue weighted by molar-refractivity contribution is 4.83. The van der Waals surface area contributed by atoms with Crippen molar-refractivity contribution in [3.05, 3.63) is 12.7 Å². The second-order valence-corrected chi connectivity index (χ2v) is 2.87. The summed E-state index contributed by atoms with van der Waals surface area (Å²) < 4.78 is 9.95. The fourth-order valence-corrected chi connectivity index (χ4v) is 1.09. The standard InChI is InChI=1S/C8H14O5/c1-2-3-12-8-7(11)6(10)5(9)4-13-8/h2,5-11H,1,3-4H2/t5-,6-,7-,8+/m1/s1. The molecule has 0 aromatic heterocycles. The molecule has 0 amide bonds. The van der Waals surface area contributed by atoms with Crippen LogP contribution in [0.15, 0.2) is 12.7 Å². The minimum atomic E-state index is -1.22. The van der Waals surface area contributed by atoms with Crippen LogP contribution in [0, 0.1) is 0 Å². The molecule has 13 heavy (non-hydrogen) atoms. The molecule has 4 atom stereocenters. The van der Waals surface area contributed by atoms with E-state index in [2.05, 4.69) is 6.58 Å². The SMILES string of the molecule is C=CCO[C@H]1OC[C@@H](O)[C@@H](O)[C@H]1O. The van der Waals surface area contributed by atoms with Gasteiger partial charge in [0.2, 0.25) is 0 Å². The number of hydrogen-bond acceptors (Lipinski definition) is 5. The molecule has 0 unspecified atom stereocenters. The van der Waals surface area contributed by atoms with Crippen LogP contribution in [0.5, 0.6) is 0 Å². The Labute approximate surface area is 76.2 Å². The number of rotatable bonds is 3. The maximum absolute atomic E-state index is 9.34. The van der Waals surface area contributed by atoms with E-state index in [1.807, 2.05) is 0 Å². The molecule has 1 fully saturated rings. The van der Waals surface area contributed by atoms with Gasteiger partial charge < -0.3 is 24.8 Å². The summed E-state index contributed by atoms with van der Waals surface area (Å²) in [6.07, 6.45) is -2.88. The van der Waals surface area contributed by atoms with Gasteiger partial charge in [0, 0.05) is 0 Å². The van der Waals surface area contributed by atoms with Crippen molar-refractivity contribution >= 4 is 0 Å². The topological polar surface area (TPSA) is 79.2 Å². The Hall–Kier alpha value is -0.460. The van der Waals surface area contributed by atoms with Gasteiger partial charge in [-0.25, -0.2) is 0 Å². The summed E-state index contributed by atoms with van der Waals surface area (Å²) in [6.45, 7) is 3.62. The van der Waals surface area contributed by atoms with Crippen molar-refractivity contribution in [1.82, 2.24) is 0 Å². The van der Waals surface area contributed by atoms with Crippen molar-refractivity contribution in [2.45, 2.75) is 24.6 Å². The molecule has 1 aliphatic heterocycles. The van der Waals surface area contributed by atoms with Crippen molar-refractivity contribution in [3.8, 4) is 0 Å². The first-order chi connectivity index (χ1) is 6.16. The van der Waals surface area contributed by atoms with E-state index in [4.69, 9.17) is 14.6 Å². The summed E-state index contributed by atoms with van der Waals surface area (Å²) in [4.78, 5) is 0. The van der Waals surface area contributed by atoms with Crippen molar-refractivity contribution < 1.29 is 24.8 Å². The maximum atomic E-state index is 9.34. The Balaban J connectivity index is 2.43. The number of hydrogen-bond donors (Lipinski definition) is 3. The van der Waals surface area contributed by atoms with Gasteiger partial charge in [-0.3, -0.25) is 0 Å². The molecule has 76 valence electrons. The second-order valence-electron chi connectivity index (χ2n) is 2.87. The van der Waals surface area contributed by atoms with Gasteiger partial charge in [-0.1, -0.05) is 6.08 Å². The summed E-state index contributed by atoms with van der Waals surface area (Å²) in [5, 5.41) is 27.7. The Morgan fingerprint density at radius 1 is 1.38 bits per heavy atom. The van der Waals surface area contributed by atoms with E-state index in [-0.39, 0.29) is 13.2 Å². The van der Waals surface area contributed by atoms with E-state index in [0.717, 1.165) is 0 Å². The van der Waals surface area contributed by atoms with E-state index >= 15 is 0 Å². The summed E-state index contributed by atoms with van der Waals surface area (Å²) in [5.74, 6) is 0. The van der Waals surface area contributed by atoms with E-state index in [1.54, 1.807) is 0 Å². The highest BCUT2D eigenvalue weighted by Crippen LogP contribution is 2.16. The van der Waals surface area contributed by atoms with Crippen LogP contribution in [-0.2, 0) is 9.47 Å². The molecular weight excluding hydrogens is 176 g/mol. The first-order valence-corrected chi connectivity index (χ1v) is 4.05. The molecule has 0 aromatic rings. The van der Waals surface area contributed by atoms with Crippen LogP contribution >= 0.6 is 0 Å². The van der Waals surface area contributed by atoms with Gasteiger partial charge >= 0.3 is 0 Å². The number of aliphatic hydroxyl groups is 3. The average Bonchev–Trinajstić information content (AvgIpc) is 2.13. The Bertz CT molecular complexity index is 172. The van der Waals surface area contributed by atoms with Gasteiger partial charge in [-0.2, -0.15) is 0 Å². The molecule has 5 nitrogen and oxygen atoms in total. The van der Waals surface area contributed by atoms with Crippen LogP contribution in [0.1, 0.15) is 0 Å². The van der Waals surface area contributed by atoms with E-state index in [1.165, 1.54) is 6.08 Å². The Kier molecular flexibility index (Phi) is 3.83. The zero-order chi connectivity index (χ0) is 9.84. The van der Waals surface area contributed by atoms with Gasteiger partial charge in [0.15, 0.2) is 6.29 Å². The fraction of sp³-hybridized carbons (Fsp3) is 0.750. The fourth-order valence-electron chi connectivity index (χ4n) is 1.09. The molecule has 0 bridgehead atoms. The lowest BCUT2D eigenvalue weighted by atomic mass is 10.1. The third-order valence-electron chi connectivity index (χ3n) is 1.83. The van der Waals surface area contributed by atoms with Gasteiger partial charge in [0.25, 0.3) is 0 Å². The summed E-state index contributed by atoms with van der Waals surface area (Å²) in [7, 11) is 0. The van der Waals surface area contributed by atoms with Gasteiger partial charge in [-0.05, 0) is 0 Å². The lowest BCUT2D eigenvalue weighted by Gasteiger charge is -2.34. The lowest BCUT2D eigenvalue weighted by molar-refractivity contribution is -0.266. The van der Waals surface area contributed by atoms with Crippen molar-refractivity contribution in [1.29, 1.82) is 0 Å². The van der Waals surface area contributed by atoms with E-state index in [9.17, 15) is 10.2 Å². The van der Waals surface area contributed by atoms with Gasteiger partial charge in [-0.15, -0.1) is 6.58 Å². The van der Waals surface area contributed by atoms with Crippen molar-refractivity contribution in [2.24, 2.45) is 0 Å². The summed E-state index contributed by atoms with van der Waals surface area (Å²) >= 11 is 0. The van der Waals surface area contributed by atoms with Crippen LogP contribution in [0.3, 0.4) is 0 Å². The van der Waals surface area contributed by atoms with Crippen LogP contribution < -0.4 is 0 Å². The highest BCUT2D eigenvalue weighted by atomic mass is 16.7. The van der Waals surface area contributed by atoms with Crippen molar-refractivity contribution in [2.75, 3.05) is 13.2 Å². The normalized spacial score (nSPS) is 40.2. The number of aliphatic hydroxyl groups excluding tert-OH is 3. The first-order valence-electron chi connectivity index (χ1n) is 4.05. The molecule has 0 aromatic carbocycles. The summed E-state index contributed by atoms with van der Waals surface area (Å²) in [5.41, 5.74) is 0. The molecule has 1 saturated heterocycles. The molecule has 1 rings (SSSR count). The molecule has 0 aliphatic carbocycles. The lowest BCUT2D eigenvalue weighted by Crippen LogP contribution is -2.53. The quantitative estimate of drug-likeness (QED) is 0.478. The molecule has 0 spiro atoms. The smallest absolute Gasteiger partial charge is 0.186 e. The maximum Gasteiger partial charge on any atom is 0.186 e. The first kappa shape index (κ1) is 10.6. The average molecular weight is 190 g/mol. The monoisotopic (exact) mass is 190 g/mol. The zero-order valence-corrected chi connectivity index (χ0v) is 7.17. The van der Waals surface area contributed by atoms with Crippen LogP contribution in [0.4, 0.5) is 0 Å². The molecule has 0 saturated carbocycles. The molecule has 3 N–H and O–H groups in total. The number of ether oxygens (including phenoxy) is 2. The Morgan fingerprint density at radius 2 is 2.08 bits per heavy atom. The predicted octanol–water partition coefficient (Wildman–Crippen LogP) is -1.37. The minimum Gasteiger partial charge on any atom is -0.388 e. The van der Waals surface area contributed by atoms with E-state index < -0.39 is 24.6 Å². The van der Waals surface area contributed by atoms with Gasteiger partial charge in [0.1, 0.15) is 18.3 Å². The Morgan fingerprint density at radius 3 is 2.69 bits per heavy atom. The van der Waals surface area contributed by atoms with Gasteiger partial charge in [0.05, 0.1) is 13.2 Å². The third-order valence-corrected chi connectivity index (χ3v) is 1.83. The molecule has 1 heterocycles. The van der Waals surface area contributed by atoms with Crippen LogP contribution in [0.2, 0.25) is 0 Å². The zero-order valence-electron chi connectivity index (χ0n) is 7.17. The molecule has 5 heteroatoms. The summed E-state index contributed by atoms with van der Waals surface area (Å²) in [6, 6.07) is 0. The molecule has 1 aliphatic rings. The predicted molar refractivity (Wildman–Crippen MR) is 43.9 cm³/mol. The van der Waals surface area contributed by atoms with Crippen LogP contribution in [-0.4, -0.2) is 53.1 Å². The van der Waals surface area contributed by atoms with Crippen molar-refractivity contribution in [3.63, 3.8) is 0 Å².